The van der Waals surface area contributed by atoms with E-state index in [4.69, 9.17) is 0 Å². The van der Waals surface area contributed by atoms with Gasteiger partial charge in [-0.1, -0.05) is 33.1 Å². The van der Waals surface area contributed by atoms with Crippen molar-refractivity contribution in [2.24, 2.45) is 5.92 Å². The van der Waals surface area contributed by atoms with E-state index in [0.29, 0.717) is 0 Å². The van der Waals surface area contributed by atoms with Crippen molar-refractivity contribution in [2.45, 2.75) is 70.9 Å². The van der Waals surface area contributed by atoms with E-state index in [1.165, 1.54) is 77.7 Å². The molecule has 0 aromatic heterocycles. The Bertz CT molecular complexity index is 282. The van der Waals surface area contributed by atoms with Gasteiger partial charge in [-0.15, -0.1) is 0 Å². The molecule has 1 saturated heterocycles. The first kappa shape index (κ1) is 17.2. The van der Waals surface area contributed by atoms with Gasteiger partial charge in [0.05, 0.1) is 0 Å². The molecule has 2 rings (SSSR count). The number of rotatable bonds is 6. The highest BCUT2D eigenvalue weighted by atomic mass is 15.3. The van der Waals surface area contributed by atoms with E-state index in [-0.39, 0.29) is 0 Å². The third kappa shape index (κ3) is 5.22. The summed E-state index contributed by atoms with van der Waals surface area (Å²) in [4.78, 5) is 5.31. The zero-order valence-electron chi connectivity index (χ0n) is 14.6. The minimum absolute atomic E-state index is 0.770. The van der Waals surface area contributed by atoms with Crippen molar-refractivity contribution in [3.8, 4) is 0 Å². The van der Waals surface area contributed by atoms with E-state index in [2.05, 4.69) is 36.0 Å². The molecule has 1 N–H and O–H groups in total. The largest absolute Gasteiger partial charge is 0.314 e. The van der Waals surface area contributed by atoms with Gasteiger partial charge in [0, 0.05) is 38.3 Å². The molecule has 0 aromatic carbocycles. The normalized spacial score (nSPS) is 33.0. The molecule has 1 heterocycles. The van der Waals surface area contributed by atoms with Crippen LogP contribution in [0.1, 0.15) is 58.8 Å². The average molecular weight is 296 g/mol. The molecule has 0 bridgehead atoms. The predicted molar refractivity (Wildman–Crippen MR) is 91.8 cm³/mol. The summed E-state index contributed by atoms with van der Waals surface area (Å²) < 4.78 is 0. The molecule has 3 atom stereocenters. The van der Waals surface area contributed by atoms with E-state index in [1.54, 1.807) is 0 Å². The van der Waals surface area contributed by atoms with E-state index >= 15 is 0 Å². The molecular formula is C18H37N3. The highest BCUT2D eigenvalue weighted by Crippen LogP contribution is 2.25. The van der Waals surface area contributed by atoms with E-state index in [9.17, 15) is 0 Å². The molecule has 0 aromatic rings. The lowest BCUT2D eigenvalue weighted by molar-refractivity contribution is 0.0745. The first-order chi connectivity index (χ1) is 10.2. The topological polar surface area (TPSA) is 18.5 Å². The maximum Gasteiger partial charge on any atom is 0.0218 e. The second kappa shape index (κ2) is 9.12. The molecule has 2 fully saturated rings. The maximum atomic E-state index is 3.85. The molecule has 3 unspecified atom stereocenters. The molecule has 3 nitrogen and oxygen atoms in total. The number of likely N-dealkylation sites (N-methyl/N-ethyl adjacent to an activating group) is 1. The van der Waals surface area contributed by atoms with Crippen LogP contribution in [0, 0.1) is 5.92 Å². The number of hydrogen-bond acceptors (Lipinski definition) is 3. The summed E-state index contributed by atoms with van der Waals surface area (Å²) in [6.45, 7) is 10.9. The van der Waals surface area contributed by atoms with Gasteiger partial charge in [-0.3, -0.25) is 0 Å². The van der Waals surface area contributed by atoms with Crippen molar-refractivity contribution in [1.82, 2.24) is 15.1 Å². The molecule has 3 heteroatoms. The zero-order chi connectivity index (χ0) is 15.1. The van der Waals surface area contributed by atoms with Gasteiger partial charge in [0.2, 0.25) is 0 Å². The van der Waals surface area contributed by atoms with Crippen molar-refractivity contribution < 1.29 is 0 Å². The van der Waals surface area contributed by atoms with Gasteiger partial charge in [-0.2, -0.15) is 0 Å². The number of piperazine rings is 1. The summed E-state index contributed by atoms with van der Waals surface area (Å²) in [5, 5.41) is 3.85. The first-order valence-corrected chi connectivity index (χ1v) is 9.40. The number of hydrogen-bond donors (Lipinski definition) is 1. The molecule has 1 aliphatic heterocycles. The smallest absolute Gasteiger partial charge is 0.0218 e. The van der Waals surface area contributed by atoms with Crippen LogP contribution in [0.5, 0.6) is 0 Å². The maximum absolute atomic E-state index is 3.85. The highest BCUT2D eigenvalue weighted by Gasteiger charge is 2.28. The van der Waals surface area contributed by atoms with Crippen molar-refractivity contribution in [3.63, 3.8) is 0 Å². The van der Waals surface area contributed by atoms with Crippen LogP contribution in [0.15, 0.2) is 0 Å². The number of nitrogens with one attached hydrogen (secondary N) is 1. The van der Waals surface area contributed by atoms with Crippen LogP contribution in [0.3, 0.4) is 0 Å². The van der Waals surface area contributed by atoms with E-state index in [1.807, 2.05) is 0 Å². The average Bonchev–Trinajstić information content (AvgIpc) is 2.72. The summed E-state index contributed by atoms with van der Waals surface area (Å²) in [6, 6.07) is 1.54. The van der Waals surface area contributed by atoms with Gasteiger partial charge in [0.1, 0.15) is 0 Å². The van der Waals surface area contributed by atoms with Crippen LogP contribution in [-0.4, -0.2) is 61.7 Å². The molecular weight excluding hydrogens is 258 g/mol. The van der Waals surface area contributed by atoms with Gasteiger partial charge in [0.25, 0.3) is 0 Å². The Kier molecular flexibility index (Phi) is 7.48. The summed E-state index contributed by atoms with van der Waals surface area (Å²) in [5.41, 5.74) is 0. The second-order valence-electron chi connectivity index (χ2n) is 7.26. The van der Waals surface area contributed by atoms with Crippen molar-refractivity contribution >= 4 is 0 Å². The van der Waals surface area contributed by atoms with Crippen molar-refractivity contribution in [3.05, 3.63) is 0 Å². The fourth-order valence-electron chi connectivity index (χ4n) is 4.15. The molecule has 21 heavy (non-hydrogen) atoms. The van der Waals surface area contributed by atoms with Crippen LogP contribution in [0.4, 0.5) is 0 Å². The predicted octanol–water partition coefficient (Wildman–Crippen LogP) is 2.96. The number of nitrogens with zero attached hydrogens (tertiary/aromatic N) is 2. The van der Waals surface area contributed by atoms with Gasteiger partial charge < -0.3 is 15.1 Å². The molecule has 0 amide bonds. The van der Waals surface area contributed by atoms with E-state index < -0.39 is 0 Å². The Hall–Kier alpha value is -0.120. The van der Waals surface area contributed by atoms with Gasteiger partial charge in [0.15, 0.2) is 0 Å². The third-order valence-electron chi connectivity index (χ3n) is 5.64. The molecule has 124 valence electrons. The summed E-state index contributed by atoms with van der Waals surface area (Å²) in [7, 11) is 2.29. The lowest BCUT2D eigenvalue weighted by Gasteiger charge is -2.41. The van der Waals surface area contributed by atoms with Crippen LogP contribution >= 0.6 is 0 Å². The van der Waals surface area contributed by atoms with Crippen LogP contribution in [0.25, 0.3) is 0 Å². The quantitative estimate of drug-likeness (QED) is 0.760. The first-order valence-electron chi connectivity index (χ1n) is 9.40. The zero-order valence-corrected chi connectivity index (χ0v) is 14.6. The highest BCUT2D eigenvalue weighted by molar-refractivity contribution is 4.85. The Morgan fingerprint density at radius 1 is 1.05 bits per heavy atom. The van der Waals surface area contributed by atoms with Crippen molar-refractivity contribution in [1.29, 1.82) is 0 Å². The molecule has 0 spiro atoms. The Morgan fingerprint density at radius 3 is 2.62 bits per heavy atom. The SMILES string of the molecule is CCCNC1CCCCCC1CN1CCN(C)C(CC)C1. The standard InChI is InChI=1S/C18H37N3/c1-4-11-19-18-10-8-6-7-9-16(18)14-21-13-12-20(3)17(5-2)15-21/h16-19H,4-15H2,1-3H3. The summed E-state index contributed by atoms with van der Waals surface area (Å²) in [6.07, 6.45) is 9.70. The van der Waals surface area contributed by atoms with E-state index in [0.717, 1.165) is 18.0 Å². The monoisotopic (exact) mass is 295 g/mol. The summed E-state index contributed by atoms with van der Waals surface area (Å²) >= 11 is 0. The minimum Gasteiger partial charge on any atom is -0.314 e. The fourth-order valence-corrected chi connectivity index (χ4v) is 4.15. The minimum atomic E-state index is 0.770. The summed E-state index contributed by atoms with van der Waals surface area (Å²) in [5.74, 6) is 0.875. The van der Waals surface area contributed by atoms with Crippen LogP contribution in [0.2, 0.25) is 0 Å². The van der Waals surface area contributed by atoms with Gasteiger partial charge in [-0.25, -0.2) is 0 Å². The Balaban J connectivity index is 1.88. The van der Waals surface area contributed by atoms with Crippen LogP contribution in [-0.2, 0) is 0 Å². The second-order valence-corrected chi connectivity index (χ2v) is 7.26. The molecule has 0 radical (unpaired) electrons. The Labute approximate surface area is 132 Å². The van der Waals surface area contributed by atoms with Gasteiger partial charge in [-0.05, 0) is 45.2 Å². The third-order valence-corrected chi connectivity index (χ3v) is 5.64. The van der Waals surface area contributed by atoms with Crippen molar-refractivity contribution in [2.75, 3.05) is 39.8 Å². The molecule has 1 saturated carbocycles. The fraction of sp³-hybridized carbons (Fsp3) is 1.00. The molecule has 1 aliphatic carbocycles. The Morgan fingerprint density at radius 2 is 1.86 bits per heavy atom. The molecule has 2 aliphatic rings. The van der Waals surface area contributed by atoms with Gasteiger partial charge >= 0.3 is 0 Å². The lowest BCUT2D eigenvalue weighted by Crippen LogP contribution is -2.53. The van der Waals surface area contributed by atoms with Crippen LogP contribution < -0.4 is 5.32 Å². The lowest BCUT2D eigenvalue weighted by atomic mass is 9.93.